The van der Waals surface area contributed by atoms with Crippen LogP contribution in [-0.4, -0.2) is 40.0 Å². The second kappa shape index (κ2) is 8.52. The maximum absolute atomic E-state index is 11.8. The number of hydrogen-bond acceptors (Lipinski definition) is 5. The standard InChI is InChI=1S/C15H20ClNO5S/c16-23(19,20)11-14(13-6-7-21-10-13)8-17-15(18)22-9-12-4-2-1-3-5-12/h1-5,13-14H,6-11H2,(H,17,18). The van der Waals surface area contributed by atoms with E-state index in [1.54, 1.807) is 0 Å². The molecule has 1 aromatic carbocycles. The van der Waals surface area contributed by atoms with Gasteiger partial charge >= 0.3 is 6.09 Å². The molecule has 8 heteroatoms. The second-order valence-corrected chi connectivity index (χ2v) is 8.35. The number of carbonyl (C=O) groups excluding carboxylic acids is 1. The molecule has 1 N–H and O–H groups in total. The monoisotopic (exact) mass is 361 g/mol. The molecule has 0 saturated carbocycles. The maximum Gasteiger partial charge on any atom is 0.407 e. The molecule has 1 amide bonds. The Labute approximate surface area is 140 Å². The summed E-state index contributed by atoms with van der Waals surface area (Å²) in [5, 5.41) is 2.61. The Balaban J connectivity index is 1.81. The smallest absolute Gasteiger partial charge is 0.407 e. The fourth-order valence-corrected chi connectivity index (χ4v) is 3.92. The molecule has 1 heterocycles. The summed E-state index contributed by atoms with van der Waals surface area (Å²) >= 11 is 0. The molecule has 23 heavy (non-hydrogen) atoms. The minimum absolute atomic E-state index is 0.0675. The molecule has 0 radical (unpaired) electrons. The van der Waals surface area contributed by atoms with Crippen molar-refractivity contribution in [2.45, 2.75) is 13.0 Å². The van der Waals surface area contributed by atoms with Gasteiger partial charge in [0.05, 0.1) is 5.75 Å². The maximum atomic E-state index is 11.8. The van der Waals surface area contributed by atoms with E-state index >= 15 is 0 Å². The van der Waals surface area contributed by atoms with E-state index in [2.05, 4.69) is 5.32 Å². The summed E-state index contributed by atoms with van der Waals surface area (Å²) in [5.74, 6) is -0.413. The van der Waals surface area contributed by atoms with Crippen molar-refractivity contribution in [2.75, 3.05) is 25.5 Å². The van der Waals surface area contributed by atoms with E-state index in [4.69, 9.17) is 20.2 Å². The summed E-state index contributed by atoms with van der Waals surface area (Å²) in [6, 6.07) is 9.30. The molecular weight excluding hydrogens is 342 g/mol. The average molecular weight is 362 g/mol. The summed E-state index contributed by atoms with van der Waals surface area (Å²) in [6.45, 7) is 1.44. The first kappa shape index (κ1) is 18.0. The van der Waals surface area contributed by atoms with Crippen molar-refractivity contribution in [3.8, 4) is 0 Å². The number of benzene rings is 1. The Bertz CT molecular complexity index is 602. The minimum atomic E-state index is -3.64. The highest BCUT2D eigenvalue weighted by atomic mass is 35.7. The van der Waals surface area contributed by atoms with Gasteiger partial charge in [0, 0.05) is 30.4 Å². The van der Waals surface area contributed by atoms with Gasteiger partial charge < -0.3 is 14.8 Å². The topological polar surface area (TPSA) is 81.7 Å². The van der Waals surface area contributed by atoms with Crippen molar-refractivity contribution >= 4 is 25.8 Å². The number of ether oxygens (including phenoxy) is 2. The molecule has 1 fully saturated rings. The molecule has 2 unspecified atom stereocenters. The Morgan fingerprint density at radius 1 is 1.39 bits per heavy atom. The highest BCUT2D eigenvalue weighted by Crippen LogP contribution is 2.24. The Kier molecular flexibility index (Phi) is 6.68. The third-order valence-electron chi connectivity index (χ3n) is 3.77. The lowest BCUT2D eigenvalue weighted by molar-refractivity contribution is 0.135. The van der Waals surface area contributed by atoms with E-state index in [9.17, 15) is 13.2 Å². The van der Waals surface area contributed by atoms with E-state index < -0.39 is 15.1 Å². The number of rotatable bonds is 7. The molecule has 0 bridgehead atoms. The third-order valence-corrected chi connectivity index (χ3v) is 4.97. The van der Waals surface area contributed by atoms with Crippen molar-refractivity contribution in [1.29, 1.82) is 0 Å². The first-order valence-corrected chi connectivity index (χ1v) is 9.86. The summed E-state index contributed by atoms with van der Waals surface area (Å²) in [7, 11) is 1.71. The first-order chi connectivity index (χ1) is 10.9. The quantitative estimate of drug-likeness (QED) is 0.752. The van der Waals surface area contributed by atoms with E-state index in [1.165, 1.54) is 0 Å². The summed E-state index contributed by atoms with van der Waals surface area (Å²) in [6.07, 6.45) is 0.183. The van der Waals surface area contributed by atoms with Crippen molar-refractivity contribution < 1.29 is 22.7 Å². The van der Waals surface area contributed by atoms with Gasteiger partial charge in [0.15, 0.2) is 0 Å². The molecule has 2 rings (SSSR count). The van der Waals surface area contributed by atoms with Crippen LogP contribution in [0.2, 0.25) is 0 Å². The van der Waals surface area contributed by atoms with Crippen molar-refractivity contribution in [2.24, 2.45) is 11.8 Å². The molecule has 1 saturated heterocycles. The normalized spacial score (nSPS) is 19.3. The first-order valence-electron chi connectivity index (χ1n) is 7.38. The molecule has 0 aliphatic carbocycles. The number of hydrogen-bond donors (Lipinski definition) is 1. The fraction of sp³-hybridized carbons (Fsp3) is 0.533. The highest BCUT2D eigenvalue weighted by Gasteiger charge is 2.29. The Morgan fingerprint density at radius 2 is 2.13 bits per heavy atom. The zero-order chi connectivity index (χ0) is 16.7. The lowest BCUT2D eigenvalue weighted by Crippen LogP contribution is -2.36. The highest BCUT2D eigenvalue weighted by molar-refractivity contribution is 8.13. The predicted molar refractivity (Wildman–Crippen MR) is 86.7 cm³/mol. The van der Waals surface area contributed by atoms with Crippen LogP contribution in [-0.2, 0) is 25.1 Å². The summed E-state index contributed by atoms with van der Waals surface area (Å²) in [4.78, 5) is 11.8. The molecular formula is C15H20ClNO5S. The molecule has 128 valence electrons. The van der Waals surface area contributed by atoms with Crippen molar-refractivity contribution in [1.82, 2.24) is 5.32 Å². The molecule has 1 aromatic rings. The summed E-state index contributed by atoms with van der Waals surface area (Å²) in [5.41, 5.74) is 0.881. The van der Waals surface area contributed by atoms with Gasteiger partial charge in [-0.25, -0.2) is 13.2 Å². The minimum Gasteiger partial charge on any atom is -0.445 e. The van der Waals surface area contributed by atoms with Gasteiger partial charge in [-0.3, -0.25) is 0 Å². The number of alkyl carbamates (subject to hydrolysis) is 1. The van der Waals surface area contributed by atoms with E-state index in [1.807, 2.05) is 30.3 Å². The van der Waals surface area contributed by atoms with E-state index in [0.29, 0.717) is 13.2 Å². The van der Waals surface area contributed by atoms with Gasteiger partial charge in [0.25, 0.3) is 0 Å². The predicted octanol–water partition coefficient (Wildman–Crippen LogP) is 2.13. The number of halogens is 1. The zero-order valence-electron chi connectivity index (χ0n) is 12.6. The zero-order valence-corrected chi connectivity index (χ0v) is 14.2. The molecule has 1 aliphatic heterocycles. The number of amides is 1. The lowest BCUT2D eigenvalue weighted by atomic mass is 9.93. The largest absolute Gasteiger partial charge is 0.445 e. The molecule has 1 aliphatic rings. The number of carbonyl (C=O) groups is 1. The van der Waals surface area contributed by atoms with Gasteiger partial charge in [0.1, 0.15) is 6.61 Å². The van der Waals surface area contributed by atoms with Crippen LogP contribution in [0, 0.1) is 11.8 Å². The summed E-state index contributed by atoms with van der Waals surface area (Å²) < 4.78 is 33.1. The van der Waals surface area contributed by atoms with Crippen LogP contribution < -0.4 is 5.32 Å². The molecule has 6 nitrogen and oxygen atoms in total. The van der Waals surface area contributed by atoms with Gasteiger partial charge in [-0.05, 0) is 23.8 Å². The van der Waals surface area contributed by atoms with Crippen LogP contribution in [0.5, 0.6) is 0 Å². The lowest BCUT2D eigenvalue weighted by Gasteiger charge is -2.21. The van der Waals surface area contributed by atoms with Gasteiger partial charge in [0.2, 0.25) is 9.05 Å². The van der Waals surface area contributed by atoms with Crippen LogP contribution in [0.15, 0.2) is 30.3 Å². The number of nitrogens with one attached hydrogen (secondary N) is 1. The van der Waals surface area contributed by atoms with Crippen LogP contribution in [0.1, 0.15) is 12.0 Å². The van der Waals surface area contributed by atoms with Crippen molar-refractivity contribution in [3.63, 3.8) is 0 Å². The SMILES string of the molecule is O=C(NCC(CS(=O)(=O)Cl)C1CCOC1)OCc1ccccc1. The van der Waals surface area contributed by atoms with Gasteiger partial charge in [-0.1, -0.05) is 30.3 Å². The van der Waals surface area contributed by atoms with Gasteiger partial charge in [-0.2, -0.15) is 0 Å². The molecule has 0 aromatic heterocycles. The second-order valence-electron chi connectivity index (χ2n) is 5.53. The van der Waals surface area contributed by atoms with Crippen LogP contribution in [0.4, 0.5) is 4.79 Å². The Morgan fingerprint density at radius 3 is 2.74 bits per heavy atom. The van der Waals surface area contributed by atoms with Crippen LogP contribution in [0.25, 0.3) is 0 Å². The third kappa shape index (κ3) is 6.76. The molecule has 0 spiro atoms. The Hall–Kier alpha value is -1.31. The van der Waals surface area contributed by atoms with Crippen LogP contribution in [0.3, 0.4) is 0 Å². The van der Waals surface area contributed by atoms with Crippen LogP contribution >= 0.6 is 10.7 Å². The van der Waals surface area contributed by atoms with Crippen molar-refractivity contribution in [3.05, 3.63) is 35.9 Å². The molecule has 2 atom stereocenters. The van der Waals surface area contributed by atoms with Gasteiger partial charge in [-0.15, -0.1) is 0 Å². The fourth-order valence-electron chi connectivity index (χ4n) is 2.53. The average Bonchev–Trinajstić information content (AvgIpc) is 3.03. The van der Waals surface area contributed by atoms with E-state index in [0.717, 1.165) is 12.0 Å². The van der Waals surface area contributed by atoms with E-state index in [-0.39, 0.29) is 30.7 Å².